The van der Waals surface area contributed by atoms with Gasteiger partial charge in [0.2, 0.25) is 0 Å². The molecule has 1 saturated carbocycles. The van der Waals surface area contributed by atoms with E-state index in [1.807, 2.05) is 0 Å². The van der Waals surface area contributed by atoms with Crippen LogP contribution in [0.2, 0.25) is 0 Å². The Bertz CT molecular complexity index is 403. The van der Waals surface area contributed by atoms with Gasteiger partial charge in [-0.3, -0.25) is 0 Å². The Labute approximate surface area is 122 Å². The van der Waals surface area contributed by atoms with Gasteiger partial charge in [0.25, 0.3) is 0 Å². The Kier molecular flexibility index (Phi) is 4.74. The van der Waals surface area contributed by atoms with Gasteiger partial charge >= 0.3 is 0 Å². The van der Waals surface area contributed by atoms with E-state index in [1.54, 1.807) is 0 Å². The van der Waals surface area contributed by atoms with Gasteiger partial charge in [-0.2, -0.15) is 0 Å². The van der Waals surface area contributed by atoms with Crippen molar-refractivity contribution in [1.82, 2.24) is 0 Å². The van der Waals surface area contributed by atoms with Gasteiger partial charge in [0.1, 0.15) is 0 Å². The fraction of sp³-hybridized carbons (Fsp3) is 0.667. The molecule has 2 heteroatoms. The number of hydrogen-bond acceptors (Lipinski definition) is 2. The predicted octanol–water partition coefficient (Wildman–Crippen LogP) is 3.92. The average Bonchev–Trinajstić information content (AvgIpc) is 3.00. The second-order valence-corrected chi connectivity index (χ2v) is 6.45. The minimum atomic E-state index is -0.481. The molecule has 2 unspecified atom stereocenters. The van der Waals surface area contributed by atoms with Gasteiger partial charge in [0.15, 0.2) is 6.29 Å². The number of aryl methyl sites for hydroxylation is 1. The SMILES string of the molecule is OC1C[C@@H]2C(CCCCCc3ccccc3)CC[C@@H]2O1. The maximum Gasteiger partial charge on any atom is 0.155 e. The first kappa shape index (κ1) is 14.1. The van der Waals surface area contributed by atoms with E-state index in [2.05, 4.69) is 30.3 Å². The van der Waals surface area contributed by atoms with Gasteiger partial charge in [-0.15, -0.1) is 0 Å². The molecule has 1 N–H and O–H groups in total. The number of unbranched alkanes of at least 4 members (excludes halogenated alkanes) is 2. The summed E-state index contributed by atoms with van der Waals surface area (Å²) in [4.78, 5) is 0. The van der Waals surface area contributed by atoms with Gasteiger partial charge in [0.05, 0.1) is 6.10 Å². The van der Waals surface area contributed by atoms with Crippen LogP contribution in [0.5, 0.6) is 0 Å². The molecule has 2 fully saturated rings. The minimum Gasteiger partial charge on any atom is -0.368 e. The van der Waals surface area contributed by atoms with Gasteiger partial charge in [-0.1, -0.05) is 49.6 Å². The zero-order valence-corrected chi connectivity index (χ0v) is 12.2. The van der Waals surface area contributed by atoms with Gasteiger partial charge in [-0.25, -0.2) is 0 Å². The van der Waals surface area contributed by atoms with Crippen LogP contribution in [0.3, 0.4) is 0 Å². The number of hydrogen-bond donors (Lipinski definition) is 1. The zero-order chi connectivity index (χ0) is 13.8. The van der Waals surface area contributed by atoms with Crippen molar-refractivity contribution in [2.24, 2.45) is 11.8 Å². The number of benzene rings is 1. The molecule has 1 aromatic carbocycles. The highest BCUT2D eigenvalue weighted by Crippen LogP contribution is 2.44. The molecule has 0 bridgehead atoms. The summed E-state index contributed by atoms with van der Waals surface area (Å²) in [7, 11) is 0. The third kappa shape index (κ3) is 3.42. The number of ether oxygens (including phenoxy) is 1. The smallest absolute Gasteiger partial charge is 0.155 e. The summed E-state index contributed by atoms with van der Waals surface area (Å²) in [5.74, 6) is 1.44. The van der Waals surface area contributed by atoms with Crippen molar-refractivity contribution in [3.8, 4) is 0 Å². The van der Waals surface area contributed by atoms with E-state index in [0.29, 0.717) is 12.0 Å². The lowest BCUT2D eigenvalue weighted by atomic mass is 9.88. The molecule has 1 heterocycles. The molecule has 4 atom stereocenters. The summed E-state index contributed by atoms with van der Waals surface area (Å²) in [6.45, 7) is 0. The summed E-state index contributed by atoms with van der Waals surface area (Å²) < 4.78 is 5.56. The molecule has 0 spiro atoms. The monoisotopic (exact) mass is 274 g/mol. The van der Waals surface area contributed by atoms with Crippen molar-refractivity contribution in [2.45, 2.75) is 63.8 Å². The molecule has 2 aliphatic rings. The lowest BCUT2D eigenvalue weighted by Crippen LogP contribution is -2.13. The van der Waals surface area contributed by atoms with E-state index >= 15 is 0 Å². The molecule has 20 heavy (non-hydrogen) atoms. The van der Waals surface area contributed by atoms with Crippen LogP contribution in [0, 0.1) is 11.8 Å². The molecular formula is C18H26O2. The van der Waals surface area contributed by atoms with Crippen LogP contribution in [0.4, 0.5) is 0 Å². The third-order valence-corrected chi connectivity index (χ3v) is 5.09. The van der Waals surface area contributed by atoms with Crippen LogP contribution < -0.4 is 0 Å². The summed E-state index contributed by atoms with van der Waals surface area (Å²) >= 11 is 0. The first-order valence-electron chi connectivity index (χ1n) is 8.20. The highest BCUT2D eigenvalue weighted by Gasteiger charge is 2.43. The molecule has 0 radical (unpaired) electrons. The Morgan fingerprint density at radius 1 is 1.05 bits per heavy atom. The van der Waals surface area contributed by atoms with Crippen LogP contribution in [-0.4, -0.2) is 17.5 Å². The summed E-state index contributed by atoms with van der Waals surface area (Å²) in [5, 5.41) is 9.57. The molecule has 3 rings (SSSR count). The van der Waals surface area contributed by atoms with Crippen molar-refractivity contribution in [3.63, 3.8) is 0 Å². The second kappa shape index (κ2) is 6.73. The van der Waals surface area contributed by atoms with E-state index in [-0.39, 0.29) is 0 Å². The van der Waals surface area contributed by atoms with E-state index in [1.165, 1.54) is 44.1 Å². The molecule has 1 aliphatic carbocycles. The van der Waals surface area contributed by atoms with Crippen LogP contribution in [0.1, 0.15) is 50.5 Å². The molecular weight excluding hydrogens is 248 g/mol. The Hall–Kier alpha value is -0.860. The van der Waals surface area contributed by atoms with Crippen molar-refractivity contribution in [1.29, 1.82) is 0 Å². The van der Waals surface area contributed by atoms with Crippen molar-refractivity contribution in [2.75, 3.05) is 0 Å². The van der Waals surface area contributed by atoms with Crippen molar-refractivity contribution in [3.05, 3.63) is 35.9 Å². The van der Waals surface area contributed by atoms with Crippen LogP contribution in [0.15, 0.2) is 30.3 Å². The number of fused-ring (bicyclic) bond motifs is 1. The highest BCUT2D eigenvalue weighted by molar-refractivity contribution is 5.14. The van der Waals surface area contributed by atoms with Gasteiger partial charge < -0.3 is 9.84 Å². The quantitative estimate of drug-likeness (QED) is 0.797. The normalized spacial score (nSPS) is 32.5. The summed E-state index contributed by atoms with van der Waals surface area (Å²) in [6.07, 6.45) is 9.71. The zero-order valence-electron chi connectivity index (χ0n) is 12.2. The number of aliphatic hydroxyl groups excluding tert-OH is 1. The maximum atomic E-state index is 9.57. The highest BCUT2D eigenvalue weighted by atomic mass is 16.6. The molecule has 110 valence electrons. The van der Waals surface area contributed by atoms with Crippen molar-refractivity contribution >= 4 is 0 Å². The molecule has 1 aromatic rings. The lowest BCUT2D eigenvalue weighted by Gasteiger charge is -2.16. The largest absolute Gasteiger partial charge is 0.368 e. The van der Waals surface area contributed by atoms with E-state index < -0.39 is 6.29 Å². The number of rotatable bonds is 6. The average molecular weight is 274 g/mol. The van der Waals surface area contributed by atoms with E-state index in [0.717, 1.165) is 18.8 Å². The van der Waals surface area contributed by atoms with Crippen molar-refractivity contribution < 1.29 is 9.84 Å². The van der Waals surface area contributed by atoms with Crippen LogP contribution >= 0.6 is 0 Å². The Morgan fingerprint density at radius 2 is 1.90 bits per heavy atom. The Balaban J connectivity index is 1.32. The molecule has 1 saturated heterocycles. The fourth-order valence-electron chi connectivity index (χ4n) is 4.03. The van der Waals surface area contributed by atoms with Crippen LogP contribution in [-0.2, 0) is 11.2 Å². The van der Waals surface area contributed by atoms with Gasteiger partial charge in [-0.05, 0) is 43.1 Å². The first-order chi connectivity index (χ1) is 9.83. The predicted molar refractivity (Wildman–Crippen MR) is 80.3 cm³/mol. The minimum absolute atomic E-state index is 0.360. The molecule has 0 amide bonds. The summed E-state index contributed by atoms with van der Waals surface area (Å²) in [5.41, 5.74) is 1.46. The van der Waals surface area contributed by atoms with Gasteiger partial charge in [0, 0.05) is 6.42 Å². The summed E-state index contributed by atoms with van der Waals surface area (Å²) in [6, 6.07) is 10.8. The molecule has 2 nitrogen and oxygen atoms in total. The maximum absolute atomic E-state index is 9.57. The number of aliphatic hydroxyl groups is 1. The lowest BCUT2D eigenvalue weighted by molar-refractivity contribution is -0.0906. The van der Waals surface area contributed by atoms with E-state index in [9.17, 15) is 5.11 Å². The molecule has 1 aliphatic heterocycles. The topological polar surface area (TPSA) is 29.5 Å². The third-order valence-electron chi connectivity index (χ3n) is 5.09. The molecule has 0 aromatic heterocycles. The Morgan fingerprint density at radius 3 is 2.75 bits per heavy atom. The second-order valence-electron chi connectivity index (χ2n) is 6.45. The standard InChI is InChI=1S/C18H26O2/c19-18-13-16-15(11-12-17(16)20-18)10-6-2-5-9-14-7-3-1-4-8-14/h1,3-4,7-8,15-19H,2,5-6,9-13H2/t15?,16-,17+,18?/m1/s1. The first-order valence-corrected chi connectivity index (χ1v) is 8.20. The van der Waals surface area contributed by atoms with E-state index in [4.69, 9.17) is 4.74 Å². The fourth-order valence-corrected chi connectivity index (χ4v) is 4.03. The van der Waals surface area contributed by atoms with Crippen LogP contribution in [0.25, 0.3) is 0 Å².